The van der Waals surface area contributed by atoms with Gasteiger partial charge in [0.05, 0.1) is 29.8 Å². The lowest BCUT2D eigenvalue weighted by atomic mass is 9.63. The summed E-state index contributed by atoms with van der Waals surface area (Å²) in [5.41, 5.74) is 2.25. The summed E-state index contributed by atoms with van der Waals surface area (Å²) in [6.45, 7) is 6.54. The minimum Gasteiger partial charge on any atom is -0.490 e. The summed E-state index contributed by atoms with van der Waals surface area (Å²) in [7, 11) is -3.98. The van der Waals surface area contributed by atoms with E-state index in [0.717, 1.165) is 37.8 Å². The number of sulfonamides is 1. The van der Waals surface area contributed by atoms with Crippen molar-refractivity contribution in [2.24, 2.45) is 11.8 Å². The molecule has 2 bridgehead atoms. The van der Waals surface area contributed by atoms with Gasteiger partial charge in [0.15, 0.2) is 11.6 Å². The third-order valence-corrected chi connectivity index (χ3v) is 13.7. The summed E-state index contributed by atoms with van der Waals surface area (Å²) >= 11 is 6.46. The number of carbonyl (C=O) groups is 3. The molecule has 1 fully saturated rings. The van der Waals surface area contributed by atoms with Crippen LogP contribution in [-0.2, 0) is 40.9 Å². The predicted octanol–water partition coefficient (Wildman–Crippen LogP) is 6.20. The van der Waals surface area contributed by atoms with E-state index in [1.54, 1.807) is 18.2 Å². The summed E-state index contributed by atoms with van der Waals surface area (Å²) in [5.74, 6) is -0.0240. The van der Waals surface area contributed by atoms with Gasteiger partial charge in [0.2, 0.25) is 10.0 Å². The Morgan fingerprint density at radius 3 is 2.55 bits per heavy atom. The summed E-state index contributed by atoms with van der Waals surface area (Å²) in [6, 6.07) is 11.3. The minimum atomic E-state index is -3.98. The number of carbonyl (C=O) groups excluding carboxylic acids is 3. The van der Waals surface area contributed by atoms with E-state index in [9.17, 15) is 22.8 Å². The number of nitrogens with zero attached hydrogens (tertiary/aromatic N) is 1. The Labute approximate surface area is 307 Å². The number of Topliss-reactive ketones (excluding diaryl/α,β-unsaturated/α-hetero) is 2. The first kappa shape index (κ1) is 37.8. The molecule has 2 heterocycles. The molecule has 0 saturated heterocycles. The van der Waals surface area contributed by atoms with Crippen LogP contribution in [0, 0.1) is 11.8 Å². The molecule has 2 aromatic rings. The SMILES string of the molecule is CC[C@@H]1CCCC[C@@](COCC(C)=O)(OCC(C)=O)[C@@H]2CC[C@H]2CN2C[C@@]3(CCCc4cc(Cl)ccc43)COc3ccc(cc32)C(=O)NS1(=O)=O. The highest BCUT2D eigenvalue weighted by atomic mass is 35.5. The van der Waals surface area contributed by atoms with Gasteiger partial charge >= 0.3 is 0 Å². The van der Waals surface area contributed by atoms with Crippen molar-refractivity contribution in [3.63, 3.8) is 0 Å². The van der Waals surface area contributed by atoms with Gasteiger partial charge in [-0.15, -0.1) is 0 Å². The number of halogens is 1. The van der Waals surface area contributed by atoms with Gasteiger partial charge in [-0.3, -0.25) is 14.4 Å². The largest absolute Gasteiger partial charge is 0.490 e. The van der Waals surface area contributed by atoms with Crippen molar-refractivity contribution in [2.45, 2.75) is 101 Å². The fourth-order valence-corrected chi connectivity index (χ4v) is 10.5. The number of fused-ring (bicyclic) bond motifs is 4. The average molecular weight is 743 g/mol. The molecule has 0 aromatic heterocycles. The zero-order valence-corrected chi connectivity index (χ0v) is 31.6. The lowest BCUT2D eigenvalue weighted by Gasteiger charge is -2.52. The molecule has 1 N–H and O–H groups in total. The quantitative estimate of drug-likeness (QED) is 0.336. The number of nitrogens with one attached hydrogen (secondary N) is 1. The molecule has 1 amide bonds. The number of hydrogen-bond donors (Lipinski definition) is 1. The number of benzene rings is 2. The Balaban J connectivity index is 1.44. The van der Waals surface area contributed by atoms with Gasteiger partial charge in [0, 0.05) is 29.1 Å². The molecule has 278 valence electrons. The molecule has 4 aliphatic rings. The molecule has 2 aromatic carbocycles. The highest BCUT2D eigenvalue weighted by Crippen LogP contribution is 2.50. The third-order valence-electron chi connectivity index (χ3n) is 11.6. The van der Waals surface area contributed by atoms with Crippen molar-refractivity contribution >= 4 is 44.8 Å². The molecule has 5 atom stereocenters. The third kappa shape index (κ3) is 8.16. The first-order valence-electron chi connectivity index (χ1n) is 18.4. The molecular formula is C39H51ClN2O8S. The lowest BCUT2D eigenvalue weighted by Crippen LogP contribution is -2.56. The Bertz CT molecular complexity index is 1750. The fourth-order valence-electron chi connectivity index (χ4n) is 8.86. The van der Waals surface area contributed by atoms with Crippen LogP contribution in [0.5, 0.6) is 5.75 Å². The van der Waals surface area contributed by atoms with Crippen LogP contribution in [-0.4, -0.2) is 76.3 Å². The summed E-state index contributed by atoms with van der Waals surface area (Å²) < 4.78 is 48.7. The standard InChI is InChI=1S/C39H51ClN2O8S/c1-4-32-9-5-6-17-39(50-22-27(3)44,25-48-21-26(2)43)34-13-10-30(34)20-42-23-38(16-7-8-28-18-31(40)12-14-33(28)38)24-49-36-15-11-29(19-35(36)42)37(45)41-51(32,46)47/h11-12,14-15,18-19,30,32,34H,4-10,13,16-17,20-25H2,1-3H3,(H,41,45)/t30-,32+,34+,38-,39-/m0/s1. The van der Waals surface area contributed by atoms with Crippen LogP contribution in [0.15, 0.2) is 36.4 Å². The molecule has 0 radical (unpaired) electrons. The van der Waals surface area contributed by atoms with E-state index in [2.05, 4.69) is 21.8 Å². The smallest absolute Gasteiger partial charge is 0.264 e. The predicted molar refractivity (Wildman–Crippen MR) is 196 cm³/mol. The van der Waals surface area contributed by atoms with Crippen LogP contribution >= 0.6 is 11.6 Å². The molecular weight excluding hydrogens is 692 g/mol. The van der Waals surface area contributed by atoms with Gasteiger partial charge < -0.3 is 19.1 Å². The topological polar surface area (TPSA) is 128 Å². The highest BCUT2D eigenvalue weighted by Gasteiger charge is 2.50. The molecule has 51 heavy (non-hydrogen) atoms. The minimum absolute atomic E-state index is 0.0231. The molecule has 12 heteroatoms. The fraction of sp³-hybridized carbons (Fsp3) is 0.615. The summed E-state index contributed by atoms with van der Waals surface area (Å²) in [5, 5.41) is -0.0524. The van der Waals surface area contributed by atoms with Crippen molar-refractivity contribution in [1.29, 1.82) is 0 Å². The second-order valence-corrected chi connectivity index (χ2v) is 17.6. The number of ketones is 2. The molecule has 10 nitrogen and oxygen atoms in total. The normalized spacial score (nSPS) is 29.1. The number of ether oxygens (including phenoxy) is 3. The number of rotatable bonds is 8. The number of aryl methyl sites for hydroxylation is 1. The Morgan fingerprint density at radius 2 is 1.82 bits per heavy atom. The number of hydrogen-bond acceptors (Lipinski definition) is 9. The molecule has 6 rings (SSSR count). The summed E-state index contributed by atoms with van der Waals surface area (Å²) in [6.07, 6.45) is 7.10. The number of amides is 1. The maximum absolute atomic E-state index is 13.6. The van der Waals surface area contributed by atoms with Crippen LogP contribution < -0.4 is 14.4 Å². The van der Waals surface area contributed by atoms with E-state index in [1.807, 2.05) is 13.0 Å². The first-order valence-corrected chi connectivity index (χ1v) is 20.3. The van der Waals surface area contributed by atoms with Crippen LogP contribution in [0.4, 0.5) is 5.69 Å². The average Bonchev–Trinajstić information content (AvgIpc) is 3.21. The Morgan fingerprint density at radius 1 is 1.02 bits per heavy atom. The van der Waals surface area contributed by atoms with Crippen LogP contribution in [0.1, 0.15) is 100 Å². The number of anilines is 1. The molecule has 0 unspecified atom stereocenters. The van der Waals surface area contributed by atoms with E-state index >= 15 is 0 Å². The van der Waals surface area contributed by atoms with Gasteiger partial charge in [-0.05, 0) is 119 Å². The molecule has 1 saturated carbocycles. The summed E-state index contributed by atoms with van der Waals surface area (Å²) in [4.78, 5) is 40.2. The lowest BCUT2D eigenvalue weighted by molar-refractivity contribution is -0.175. The van der Waals surface area contributed by atoms with Gasteiger partial charge in [-0.25, -0.2) is 13.1 Å². The van der Waals surface area contributed by atoms with E-state index in [1.165, 1.54) is 25.0 Å². The molecule has 1 spiro atoms. The van der Waals surface area contributed by atoms with Crippen molar-refractivity contribution in [2.75, 3.05) is 44.4 Å². The van der Waals surface area contributed by atoms with Crippen LogP contribution in [0.3, 0.4) is 0 Å². The van der Waals surface area contributed by atoms with Gasteiger partial charge in [0.1, 0.15) is 19.0 Å². The highest BCUT2D eigenvalue weighted by molar-refractivity contribution is 7.90. The van der Waals surface area contributed by atoms with Crippen molar-refractivity contribution in [1.82, 2.24) is 4.72 Å². The van der Waals surface area contributed by atoms with E-state index in [0.29, 0.717) is 62.6 Å². The van der Waals surface area contributed by atoms with Crippen LogP contribution in [0.2, 0.25) is 5.02 Å². The van der Waals surface area contributed by atoms with Gasteiger partial charge in [-0.1, -0.05) is 37.4 Å². The second kappa shape index (κ2) is 15.5. The van der Waals surface area contributed by atoms with Gasteiger partial charge in [0.25, 0.3) is 5.91 Å². The molecule has 2 aliphatic carbocycles. The van der Waals surface area contributed by atoms with E-state index < -0.39 is 26.8 Å². The van der Waals surface area contributed by atoms with E-state index in [4.69, 9.17) is 25.8 Å². The van der Waals surface area contributed by atoms with Crippen molar-refractivity contribution in [3.8, 4) is 5.75 Å². The zero-order chi connectivity index (χ0) is 36.4. The monoisotopic (exact) mass is 742 g/mol. The zero-order valence-electron chi connectivity index (χ0n) is 30.0. The second-order valence-electron chi connectivity index (χ2n) is 15.2. The molecule has 2 aliphatic heterocycles. The Kier molecular flexibility index (Phi) is 11.5. The maximum atomic E-state index is 13.6. The van der Waals surface area contributed by atoms with E-state index in [-0.39, 0.29) is 54.2 Å². The Hall–Kier alpha value is -2.99. The van der Waals surface area contributed by atoms with Crippen molar-refractivity contribution in [3.05, 3.63) is 58.1 Å². The van der Waals surface area contributed by atoms with Gasteiger partial charge in [-0.2, -0.15) is 0 Å². The first-order chi connectivity index (χ1) is 24.3. The maximum Gasteiger partial charge on any atom is 0.264 e. The van der Waals surface area contributed by atoms with Crippen LogP contribution in [0.25, 0.3) is 0 Å². The van der Waals surface area contributed by atoms with Crippen molar-refractivity contribution < 1.29 is 37.0 Å².